The number of ether oxygens (including phenoxy) is 1. The lowest BCUT2D eigenvalue weighted by Crippen LogP contribution is -2.05. The van der Waals surface area contributed by atoms with Crippen LogP contribution in [0.15, 0.2) is 34.8 Å². The highest BCUT2D eigenvalue weighted by Gasteiger charge is 2.17. The molecule has 1 unspecified atom stereocenters. The van der Waals surface area contributed by atoms with Crippen LogP contribution < -0.4 is 0 Å². The summed E-state index contributed by atoms with van der Waals surface area (Å²) in [5, 5.41) is 2.06. The minimum Gasteiger partial charge on any atom is -0.489 e. The highest BCUT2D eigenvalue weighted by Crippen LogP contribution is 2.32. The van der Waals surface area contributed by atoms with Gasteiger partial charge in [0.25, 0.3) is 0 Å². The van der Waals surface area contributed by atoms with Crippen molar-refractivity contribution in [2.45, 2.75) is 6.10 Å². The predicted molar refractivity (Wildman–Crippen MR) is 38.8 cm³/mol. The van der Waals surface area contributed by atoms with Gasteiger partial charge in [-0.3, -0.25) is 0 Å². The first-order chi connectivity index (χ1) is 4.47. The molecule has 2 aliphatic heterocycles. The van der Waals surface area contributed by atoms with Gasteiger partial charge >= 0.3 is 0 Å². The fourth-order valence-corrected chi connectivity index (χ4v) is 1.67. The molecular weight excluding hydrogens is 132 g/mol. The van der Waals surface area contributed by atoms with Crippen molar-refractivity contribution < 1.29 is 4.74 Å². The standard InChI is InChI=1S/C7H6OS/c1-2-7-6(8-4-1)3-5-9-7/h1-6H. The first-order valence-corrected chi connectivity index (χ1v) is 3.70. The third-order valence-corrected chi connectivity index (χ3v) is 2.24. The van der Waals surface area contributed by atoms with Crippen molar-refractivity contribution in [2.75, 3.05) is 0 Å². The lowest BCUT2D eigenvalue weighted by atomic mass is 10.3. The van der Waals surface area contributed by atoms with Gasteiger partial charge in [0.15, 0.2) is 0 Å². The smallest absolute Gasteiger partial charge is 0.148 e. The second-order valence-electron chi connectivity index (χ2n) is 1.90. The Morgan fingerprint density at radius 3 is 3.44 bits per heavy atom. The highest BCUT2D eigenvalue weighted by molar-refractivity contribution is 8.06. The van der Waals surface area contributed by atoms with E-state index in [1.807, 2.05) is 6.08 Å². The Kier molecular flexibility index (Phi) is 1.12. The van der Waals surface area contributed by atoms with Gasteiger partial charge in [0.2, 0.25) is 0 Å². The normalized spacial score (nSPS) is 29.3. The Morgan fingerprint density at radius 2 is 2.56 bits per heavy atom. The van der Waals surface area contributed by atoms with Gasteiger partial charge in [0, 0.05) is 4.91 Å². The van der Waals surface area contributed by atoms with Crippen LogP contribution in [-0.2, 0) is 4.74 Å². The Morgan fingerprint density at radius 1 is 1.56 bits per heavy atom. The minimum absolute atomic E-state index is 0.222. The third-order valence-electron chi connectivity index (χ3n) is 1.30. The van der Waals surface area contributed by atoms with Crippen molar-refractivity contribution in [1.82, 2.24) is 0 Å². The van der Waals surface area contributed by atoms with Crippen molar-refractivity contribution in [1.29, 1.82) is 0 Å². The van der Waals surface area contributed by atoms with E-state index < -0.39 is 0 Å². The molecule has 2 heteroatoms. The monoisotopic (exact) mass is 138 g/mol. The maximum Gasteiger partial charge on any atom is 0.148 e. The van der Waals surface area contributed by atoms with Crippen LogP contribution >= 0.6 is 11.8 Å². The van der Waals surface area contributed by atoms with Crippen LogP contribution in [0.5, 0.6) is 0 Å². The molecule has 0 saturated carbocycles. The molecule has 0 amide bonds. The number of allylic oxidation sites excluding steroid dienone is 2. The molecule has 0 saturated heterocycles. The summed E-state index contributed by atoms with van der Waals surface area (Å²) in [4.78, 5) is 1.29. The number of thioether (sulfide) groups is 1. The average Bonchev–Trinajstić information content (AvgIpc) is 2.33. The SMILES string of the molecule is C1=COC2C=CSC2=C1. The fourth-order valence-electron chi connectivity index (χ4n) is 0.862. The summed E-state index contributed by atoms with van der Waals surface area (Å²) in [6.07, 6.45) is 8.01. The first kappa shape index (κ1) is 5.18. The summed E-state index contributed by atoms with van der Waals surface area (Å²) >= 11 is 1.73. The molecule has 0 spiro atoms. The molecular formula is C7H6OS. The van der Waals surface area contributed by atoms with Crippen LogP contribution in [0, 0.1) is 0 Å². The molecule has 0 radical (unpaired) electrons. The zero-order valence-corrected chi connectivity index (χ0v) is 5.60. The van der Waals surface area contributed by atoms with Crippen LogP contribution in [0.3, 0.4) is 0 Å². The van der Waals surface area contributed by atoms with E-state index in [0.29, 0.717) is 0 Å². The van der Waals surface area contributed by atoms with E-state index in [1.54, 1.807) is 18.0 Å². The fraction of sp³-hybridized carbons (Fsp3) is 0.143. The van der Waals surface area contributed by atoms with Crippen molar-refractivity contribution in [3.63, 3.8) is 0 Å². The Bertz CT molecular complexity index is 203. The molecule has 0 aromatic carbocycles. The van der Waals surface area contributed by atoms with Crippen LogP contribution in [-0.4, -0.2) is 6.10 Å². The average molecular weight is 138 g/mol. The molecule has 2 rings (SSSR count). The van der Waals surface area contributed by atoms with Gasteiger partial charge in [-0.2, -0.15) is 0 Å². The topological polar surface area (TPSA) is 9.23 Å². The van der Waals surface area contributed by atoms with Gasteiger partial charge in [-0.15, -0.1) is 0 Å². The molecule has 0 fully saturated rings. The van der Waals surface area contributed by atoms with Crippen molar-refractivity contribution in [3.05, 3.63) is 34.8 Å². The Balaban J connectivity index is 2.29. The van der Waals surface area contributed by atoms with Gasteiger partial charge in [-0.25, -0.2) is 0 Å². The van der Waals surface area contributed by atoms with E-state index >= 15 is 0 Å². The predicted octanol–water partition coefficient (Wildman–Crippen LogP) is 2.04. The van der Waals surface area contributed by atoms with Gasteiger partial charge in [0.1, 0.15) is 6.10 Å². The molecule has 0 N–H and O–H groups in total. The Hall–Kier alpha value is -0.630. The lowest BCUT2D eigenvalue weighted by molar-refractivity contribution is 0.222. The molecule has 46 valence electrons. The summed E-state index contributed by atoms with van der Waals surface area (Å²) in [7, 11) is 0. The van der Waals surface area contributed by atoms with Crippen molar-refractivity contribution in [3.8, 4) is 0 Å². The summed E-state index contributed by atoms with van der Waals surface area (Å²) in [6.45, 7) is 0. The lowest BCUT2D eigenvalue weighted by Gasteiger charge is -2.11. The molecule has 1 nitrogen and oxygen atoms in total. The van der Waals surface area contributed by atoms with Gasteiger partial charge < -0.3 is 4.74 Å². The van der Waals surface area contributed by atoms with E-state index in [-0.39, 0.29) is 6.10 Å². The highest BCUT2D eigenvalue weighted by atomic mass is 32.2. The van der Waals surface area contributed by atoms with Crippen LogP contribution in [0.2, 0.25) is 0 Å². The summed E-state index contributed by atoms with van der Waals surface area (Å²) < 4.78 is 5.25. The van der Waals surface area contributed by atoms with E-state index in [2.05, 4.69) is 17.6 Å². The van der Waals surface area contributed by atoms with Crippen LogP contribution in [0.25, 0.3) is 0 Å². The van der Waals surface area contributed by atoms with Crippen molar-refractivity contribution in [2.24, 2.45) is 0 Å². The molecule has 0 bridgehead atoms. The summed E-state index contributed by atoms with van der Waals surface area (Å²) in [5.74, 6) is 0. The Labute approximate surface area is 58.1 Å². The van der Waals surface area contributed by atoms with Crippen LogP contribution in [0.1, 0.15) is 0 Å². The minimum atomic E-state index is 0.222. The van der Waals surface area contributed by atoms with Gasteiger partial charge in [-0.05, 0) is 23.6 Å². The molecule has 0 aromatic heterocycles. The molecule has 0 aromatic rings. The molecule has 2 heterocycles. The van der Waals surface area contributed by atoms with Gasteiger partial charge in [-0.1, -0.05) is 11.8 Å². The summed E-state index contributed by atoms with van der Waals surface area (Å²) in [6, 6.07) is 0. The van der Waals surface area contributed by atoms with E-state index in [9.17, 15) is 0 Å². The molecule has 1 atom stereocenters. The maximum absolute atomic E-state index is 5.25. The number of hydrogen-bond acceptors (Lipinski definition) is 2. The zero-order chi connectivity index (χ0) is 6.10. The first-order valence-electron chi connectivity index (χ1n) is 2.82. The zero-order valence-electron chi connectivity index (χ0n) is 4.78. The van der Waals surface area contributed by atoms with E-state index in [4.69, 9.17) is 4.74 Å². The van der Waals surface area contributed by atoms with Crippen molar-refractivity contribution >= 4 is 11.8 Å². The third kappa shape index (κ3) is 0.793. The maximum atomic E-state index is 5.25. The number of fused-ring (bicyclic) bond motifs is 1. The second kappa shape index (κ2) is 1.95. The van der Waals surface area contributed by atoms with E-state index in [1.165, 1.54) is 4.91 Å². The number of rotatable bonds is 0. The molecule has 9 heavy (non-hydrogen) atoms. The molecule has 2 aliphatic rings. The second-order valence-corrected chi connectivity index (χ2v) is 2.88. The van der Waals surface area contributed by atoms with E-state index in [0.717, 1.165) is 0 Å². The molecule has 0 aliphatic carbocycles. The largest absolute Gasteiger partial charge is 0.489 e. The number of hydrogen-bond donors (Lipinski definition) is 0. The van der Waals surface area contributed by atoms with Crippen LogP contribution in [0.4, 0.5) is 0 Å². The summed E-state index contributed by atoms with van der Waals surface area (Å²) in [5.41, 5.74) is 0. The quantitative estimate of drug-likeness (QED) is 0.506. The van der Waals surface area contributed by atoms with Gasteiger partial charge in [0.05, 0.1) is 6.26 Å².